The molecule has 106 valence electrons. The standard InChI is InChI=1S/C14H29N3O/c1-11(2)6-5-7-12(3)17-13(15)16-8-14(4)9-18-10-14/h11-12H,5-10H2,1-4H3,(H3,15,16,17). The molecule has 0 radical (unpaired) electrons. The van der Waals surface area contributed by atoms with E-state index in [1.165, 1.54) is 12.8 Å². The van der Waals surface area contributed by atoms with Gasteiger partial charge in [-0.2, -0.15) is 0 Å². The van der Waals surface area contributed by atoms with Gasteiger partial charge in [-0.1, -0.05) is 33.6 Å². The highest BCUT2D eigenvalue weighted by Crippen LogP contribution is 2.26. The molecule has 1 aliphatic rings. The Bertz CT molecular complexity index is 272. The highest BCUT2D eigenvalue weighted by Gasteiger charge is 2.32. The Labute approximate surface area is 111 Å². The number of hydrogen-bond acceptors (Lipinski definition) is 2. The first-order valence-corrected chi connectivity index (χ1v) is 7.05. The normalized spacial score (nSPS) is 20.6. The zero-order valence-electron chi connectivity index (χ0n) is 12.3. The van der Waals surface area contributed by atoms with Gasteiger partial charge in [-0.05, 0) is 19.3 Å². The van der Waals surface area contributed by atoms with Gasteiger partial charge < -0.3 is 15.8 Å². The summed E-state index contributed by atoms with van der Waals surface area (Å²) in [7, 11) is 0. The number of ether oxygens (including phenoxy) is 1. The molecule has 0 amide bonds. The van der Waals surface area contributed by atoms with Crippen LogP contribution in [0.3, 0.4) is 0 Å². The van der Waals surface area contributed by atoms with Gasteiger partial charge in [-0.15, -0.1) is 0 Å². The van der Waals surface area contributed by atoms with E-state index < -0.39 is 0 Å². The molecule has 1 saturated heterocycles. The first-order valence-electron chi connectivity index (χ1n) is 7.05. The SMILES string of the molecule is CC(C)CCCC(C)NC(N)=NCC1(C)COC1. The molecular weight excluding hydrogens is 226 g/mol. The third-order valence-corrected chi connectivity index (χ3v) is 3.35. The van der Waals surface area contributed by atoms with Crippen molar-refractivity contribution in [1.29, 1.82) is 0 Å². The highest BCUT2D eigenvalue weighted by molar-refractivity contribution is 5.78. The summed E-state index contributed by atoms with van der Waals surface area (Å²) in [6.45, 7) is 11.2. The lowest BCUT2D eigenvalue weighted by Crippen LogP contribution is -2.44. The Morgan fingerprint density at radius 1 is 1.33 bits per heavy atom. The van der Waals surface area contributed by atoms with Crippen LogP contribution in [0.1, 0.15) is 47.0 Å². The van der Waals surface area contributed by atoms with Gasteiger partial charge in [-0.25, -0.2) is 0 Å². The molecule has 1 fully saturated rings. The van der Waals surface area contributed by atoms with Crippen molar-refractivity contribution < 1.29 is 4.74 Å². The van der Waals surface area contributed by atoms with Gasteiger partial charge in [-0.3, -0.25) is 4.99 Å². The Hall–Kier alpha value is -0.770. The van der Waals surface area contributed by atoms with Crippen LogP contribution in [0, 0.1) is 11.3 Å². The van der Waals surface area contributed by atoms with Crippen LogP contribution in [0.25, 0.3) is 0 Å². The number of nitrogens with zero attached hydrogens (tertiary/aromatic N) is 1. The van der Waals surface area contributed by atoms with E-state index in [1.807, 2.05) is 0 Å². The molecule has 4 nitrogen and oxygen atoms in total. The molecule has 0 aromatic heterocycles. The van der Waals surface area contributed by atoms with Gasteiger partial charge in [0.2, 0.25) is 0 Å². The number of guanidine groups is 1. The maximum absolute atomic E-state index is 5.89. The number of aliphatic imine (C=N–C) groups is 1. The molecule has 0 aliphatic carbocycles. The topological polar surface area (TPSA) is 59.6 Å². The number of nitrogens with one attached hydrogen (secondary N) is 1. The first-order chi connectivity index (χ1) is 8.41. The fourth-order valence-electron chi connectivity index (χ4n) is 2.02. The predicted molar refractivity (Wildman–Crippen MR) is 76.7 cm³/mol. The second-order valence-electron chi connectivity index (χ2n) is 6.38. The summed E-state index contributed by atoms with van der Waals surface area (Å²) in [4.78, 5) is 4.40. The molecule has 0 bridgehead atoms. The van der Waals surface area contributed by atoms with Crippen molar-refractivity contribution in [2.24, 2.45) is 22.1 Å². The first kappa shape index (κ1) is 15.3. The van der Waals surface area contributed by atoms with Gasteiger partial charge in [0.15, 0.2) is 5.96 Å². The summed E-state index contributed by atoms with van der Waals surface area (Å²) in [5, 5.41) is 3.26. The van der Waals surface area contributed by atoms with E-state index in [0.717, 1.165) is 32.1 Å². The van der Waals surface area contributed by atoms with Crippen LogP contribution in [-0.2, 0) is 4.74 Å². The third kappa shape index (κ3) is 5.71. The van der Waals surface area contributed by atoms with Crippen molar-refractivity contribution in [3.8, 4) is 0 Å². The molecule has 1 aliphatic heterocycles. The molecule has 1 unspecified atom stereocenters. The minimum Gasteiger partial charge on any atom is -0.380 e. The Morgan fingerprint density at radius 3 is 2.50 bits per heavy atom. The summed E-state index contributed by atoms with van der Waals surface area (Å²) < 4.78 is 5.20. The minimum absolute atomic E-state index is 0.202. The molecule has 1 heterocycles. The van der Waals surface area contributed by atoms with Crippen molar-refractivity contribution in [3.63, 3.8) is 0 Å². The van der Waals surface area contributed by atoms with Crippen LogP contribution in [0.15, 0.2) is 4.99 Å². The number of rotatable bonds is 7. The van der Waals surface area contributed by atoms with Gasteiger partial charge in [0.05, 0.1) is 19.8 Å². The summed E-state index contributed by atoms with van der Waals surface area (Å²) in [6.07, 6.45) is 3.66. The molecule has 1 atom stereocenters. The van der Waals surface area contributed by atoms with E-state index >= 15 is 0 Å². The van der Waals surface area contributed by atoms with Crippen molar-refractivity contribution in [2.45, 2.75) is 53.0 Å². The summed E-state index contributed by atoms with van der Waals surface area (Å²) in [6, 6.07) is 0.401. The highest BCUT2D eigenvalue weighted by atomic mass is 16.5. The summed E-state index contributed by atoms with van der Waals surface area (Å²) in [5.74, 6) is 1.35. The fourth-order valence-corrected chi connectivity index (χ4v) is 2.02. The molecule has 18 heavy (non-hydrogen) atoms. The second-order valence-corrected chi connectivity index (χ2v) is 6.38. The lowest BCUT2D eigenvalue weighted by atomic mass is 9.89. The zero-order valence-corrected chi connectivity index (χ0v) is 12.3. The predicted octanol–water partition coefficient (Wildman–Crippen LogP) is 2.14. The van der Waals surface area contributed by atoms with E-state index in [4.69, 9.17) is 10.5 Å². The van der Waals surface area contributed by atoms with E-state index in [1.54, 1.807) is 0 Å². The molecule has 3 N–H and O–H groups in total. The van der Waals surface area contributed by atoms with Crippen molar-refractivity contribution in [3.05, 3.63) is 0 Å². The molecule has 0 aromatic carbocycles. The average molecular weight is 255 g/mol. The van der Waals surface area contributed by atoms with Gasteiger partial charge in [0, 0.05) is 11.5 Å². The fraction of sp³-hybridized carbons (Fsp3) is 0.929. The molecule has 1 rings (SSSR count). The Morgan fingerprint density at radius 2 is 2.00 bits per heavy atom. The van der Waals surface area contributed by atoms with E-state index in [-0.39, 0.29) is 5.41 Å². The summed E-state index contributed by atoms with van der Waals surface area (Å²) in [5.41, 5.74) is 6.09. The molecular formula is C14H29N3O. The lowest BCUT2D eigenvalue weighted by molar-refractivity contribution is -0.0945. The van der Waals surface area contributed by atoms with E-state index in [0.29, 0.717) is 12.0 Å². The van der Waals surface area contributed by atoms with E-state index in [2.05, 4.69) is 38.0 Å². The van der Waals surface area contributed by atoms with Crippen molar-refractivity contribution in [1.82, 2.24) is 5.32 Å². The van der Waals surface area contributed by atoms with Crippen molar-refractivity contribution in [2.75, 3.05) is 19.8 Å². The van der Waals surface area contributed by atoms with Gasteiger partial charge in [0.1, 0.15) is 0 Å². The molecule has 0 saturated carbocycles. The molecule has 0 aromatic rings. The third-order valence-electron chi connectivity index (χ3n) is 3.35. The van der Waals surface area contributed by atoms with Gasteiger partial charge in [0.25, 0.3) is 0 Å². The maximum Gasteiger partial charge on any atom is 0.188 e. The number of hydrogen-bond donors (Lipinski definition) is 2. The monoisotopic (exact) mass is 255 g/mol. The Kier molecular flexibility index (Phi) is 5.93. The minimum atomic E-state index is 0.202. The van der Waals surface area contributed by atoms with Crippen LogP contribution < -0.4 is 11.1 Å². The van der Waals surface area contributed by atoms with Crippen LogP contribution in [0.2, 0.25) is 0 Å². The molecule has 4 heteroatoms. The quantitative estimate of drug-likeness (QED) is 0.541. The molecule has 0 spiro atoms. The van der Waals surface area contributed by atoms with Gasteiger partial charge >= 0.3 is 0 Å². The van der Waals surface area contributed by atoms with Crippen LogP contribution in [0.4, 0.5) is 0 Å². The van der Waals surface area contributed by atoms with Crippen LogP contribution in [0.5, 0.6) is 0 Å². The largest absolute Gasteiger partial charge is 0.380 e. The average Bonchev–Trinajstić information content (AvgIpc) is 2.23. The summed E-state index contributed by atoms with van der Waals surface area (Å²) >= 11 is 0. The Balaban J connectivity index is 2.17. The number of nitrogens with two attached hydrogens (primary N) is 1. The zero-order chi connectivity index (χ0) is 13.6. The lowest BCUT2D eigenvalue weighted by Gasteiger charge is -2.36. The van der Waals surface area contributed by atoms with Crippen molar-refractivity contribution >= 4 is 5.96 Å². The van der Waals surface area contributed by atoms with E-state index in [9.17, 15) is 0 Å². The smallest absolute Gasteiger partial charge is 0.188 e. The van der Waals surface area contributed by atoms with Crippen LogP contribution >= 0.6 is 0 Å². The van der Waals surface area contributed by atoms with Crippen LogP contribution in [-0.4, -0.2) is 31.8 Å². The second kappa shape index (κ2) is 6.98. The maximum atomic E-state index is 5.89.